The lowest BCUT2D eigenvalue weighted by Gasteiger charge is -2.23. The van der Waals surface area contributed by atoms with Crippen molar-refractivity contribution in [2.75, 3.05) is 13.7 Å². The molecule has 0 aliphatic rings. The molecule has 6 nitrogen and oxygen atoms in total. The molecular formula is C12H18N2O4. The number of hydrogen-bond donors (Lipinski definition) is 2. The normalized spacial score (nSPS) is 11.3. The molecule has 0 fully saturated rings. The number of ether oxygens (including phenoxy) is 1. The van der Waals surface area contributed by atoms with Crippen LogP contribution in [0.1, 0.15) is 24.3 Å². The molecule has 0 bridgehead atoms. The molecule has 6 heteroatoms. The highest BCUT2D eigenvalue weighted by Gasteiger charge is 2.18. The van der Waals surface area contributed by atoms with E-state index in [0.29, 0.717) is 6.54 Å². The van der Waals surface area contributed by atoms with Gasteiger partial charge in [0.2, 0.25) is 5.91 Å². The molecule has 1 rings (SSSR count). The number of carbonyl (C=O) groups excluding carboxylic acids is 1. The molecule has 0 radical (unpaired) electrons. The number of hydrogen-bond acceptors (Lipinski definition) is 3. The Bertz CT molecular complexity index is 437. The molecule has 0 aliphatic heterocycles. The third-order valence-electron chi connectivity index (χ3n) is 2.63. The van der Waals surface area contributed by atoms with E-state index in [9.17, 15) is 9.59 Å². The number of carbonyl (C=O) groups is 2. The molecule has 1 amide bonds. The molecular weight excluding hydrogens is 236 g/mol. The predicted molar refractivity (Wildman–Crippen MR) is 65.5 cm³/mol. The summed E-state index contributed by atoms with van der Waals surface area (Å²) in [6, 6.07) is 3.05. The molecule has 0 unspecified atom stereocenters. The van der Waals surface area contributed by atoms with Crippen LogP contribution >= 0.6 is 0 Å². The Morgan fingerprint density at radius 2 is 2.17 bits per heavy atom. The van der Waals surface area contributed by atoms with Crippen molar-refractivity contribution in [2.24, 2.45) is 0 Å². The maximum atomic E-state index is 11.7. The van der Waals surface area contributed by atoms with Crippen LogP contribution in [0.3, 0.4) is 0 Å². The smallest absolute Gasteiger partial charge is 0.352 e. The quantitative estimate of drug-likeness (QED) is 0.784. The average Bonchev–Trinajstić information content (AvgIpc) is 2.75. The van der Waals surface area contributed by atoms with E-state index in [1.807, 2.05) is 13.8 Å². The summed E-state index contributed by atoms with van der Waals surface area (Å²) in [6.07, 6.45) is 1.56. The van der Waals surface area contributed by atoms with Gasteiger partial charge in [-0.3, -0.25) is 4.79 Å². The van der Waals surface area contributed by atoms with Gasteiger partial charge in [-0.2, -0.15) is 0 Å². The summed E-state index contributed by atoms with van der Waals surface area (Å²) in [5, 5.41) is 11.6. The molecule has 0 saturated carbocycles. The van der Waals surface area contributed by atoms with E-state index in [4.69, 9.17) is 9.84 Å². The monoisotopic (exact) mass is 254 g/mol. The van der Waals surface area contributed by atoms with E-state index < -0.39 is 11.6 Å². The standard InChI is InChI=1S/C12H18N2O4/c1-12(2,18-3)8-13-10(15)7-14-6-4-5-9(14)11(16)17/h4-6H,7-8H2,1-3H3,(H,13,15)(H,16,17). The highest BCUT2D eigenvalue weighted by molar-refractivity contribution is 5.86. The van der Waals surface area contributed by atoms with Crippen LogP contribution in [0.15, 0.2) is 18.3 Å². The molecule has 0 spiro atoms. The van der Waals surface area contributed by atoms with Crippen molar-refractivity contribution in [3.63, 3.8) is 0 Å². The molecule has 0 saturated heterocycles. The van der Waals surface area contributed by atoms with Gasteiger partial charge in [0, 0.05) is 19.9 Å². The van der Waals surface area contributed by atoms with Crippen LogP contribution in [0.4, 0.5) is 0 Å². The van der Waals surface area contributed by atoms with Gasteiger partial charge in [-0.15, -0.1) is 0 Å². The van der Waals surface area contributed by atoms with Gasteiger partial charge < -0.3 is 19.7 Å². The second-order valence-electron chi connectivity index (χ2n) is 4.57. The number of rotatable bonds is 6. The number of carboxylic acid groups (broad SMARTS) is 1. The maximum Gasteiger partial charge on any atom is 0.352 e. The lowest BCUT2D eigenvalue weighted by atomic mass is 10.1. The number of amides is 1. The SMILES string of the molecule is COC(C)(C)CNC(=O)Cn1cccc1C(=O)O. The Hall–Kier alpha value is -1.82. The highest BCUT2D eigenvalue weighted by atomic mass is 16.5. The highest BCUT2D eigenvalue weighted by Crippen LogP contribution is 2.05. The Kier molecular flexibility index (Phi) is 4.49. The van der Waals surface area contributed by atoms with Gasteiger partial charge in [-0.1, -0.05) is 0 Å². The van der Waals surface area contributed by atoms with E-state index >= 15 is 0 Å². The first-order valence-electron chi connectivity index (χ1n) is 5.56. The first-order chi connectivity index (χ1) is 8.35. The van der Waals surface area contributed by atoms with Gasteiger partial charge in [0.25, 0.3) is 0 Å². The molecule has 1 aromatic rings. The van der Waals surface area contributed by atoms with Crippen LogP contribution in [0, 0.1) is 0 Å². The molecule has 0 aliphatic carbocycles. The van der Waals surface area contributed by atoms with E-state index in [0.717, 1.165) is 0 Å². The topological polar surface area (TPSA) is 80.6 Å². The minimum atomic E-state index is -1.05. The summed E-state index contributed by atoms with van der Waals surface area (Å²) >= 11 is 0. The van der Waals surface area contributed by atoms with Crippen LogP contribution in [-0.2, 0) is 16.1 Å². The number of nitrogens with zero attached hydrogens (tertiary/aromatic N) is 1. The molecule has 1 heterocycles. The lowest BCUT2D eigenvalue weighted by molar-refractivity contribution is -0.122. The lowest BCUT2D eigenvalue weighted by Crippen LogP contribution is -2.41. The van der Waals surface area contributed by atoms with Gasteiger partial charge in [0.05, 0.1) is 5.60 Å². The van der Waals surface area contributed by atoms with Crippen molar-refractivity contribution in [3.8, 4) is 0 Å². The fourth-order valence-electron chi connectivity index (χ4n) is 1.34. The van der Waals surface area contributed by atoms with Crippen molar-refractivity contribution >= 4 is 11.9 Å². The van der Waals surface area contributed by atoms with Crippen LogP contribution in [0.25, 0.3) is 0 Å². The summed E-state index contributed by atoms with van der Waals surface area (Å²) in [5.74, 6) is -1.30. The van der Waals surface area contributed by atoms with Crippen molar-refractivity contribution in [1.29, 1.82) is 0 Å². The zero-order valence-corrected chi connectivity index (χ0v) is 10.8. The Morgan fingerprint density at radius 1 is 1.50 bits per heavy atom. The Labute approximate surface area is 106 Å². The fourth-order valence-corrected chi connectivity index (χ4v) is 1.34. The molecule has 0 atom stereocenters. The van der Waals surface area contributed by atoms with Crippen LogP contribution in [0.5, 0.6) is 0 Å². The molecule has 18 heavy (non-hydrogen) atoms. The maximum absolute atomic E-state index is 11.7. The van der Waals surface area contributed by atoms with E-state index in [1.54, 1.807) is 19.4 Å². The summed E-state index contributed by atoms with van der Waals surface area (Å²) in [4.78, 5) is 22.5. The third-order valence-corrected chi connectivity index (χ3v) is 2.63. The van der Waals surface area contributed by atoms with Gasteiger partial charge in [-0.05, 0) is 26.0 Å². The first kappa shape index (κ1) is 14.2. The number of nitrogens with one attached hydrogen (secondary N) is 1. The second kappa shape index (κ2) is 5.68. The number of methoxy groups -OCH3 is 1. The summed E-state index contributed by atoms with van der Waals surface area (Å²) in [7, 11) is 1.57. The van der Waals surface area contributed by atoms with Crippen molar-refractivity contribution in [2.45, 2.75) is 26.0 Å². The summed E-state index contributed by atoms with van der Waals surface area (Å²) in [5.41, 5.74) is -0.349. The van der Waals surface area contributed by atoms with E-state index in [2.05, 4.69) is 5.32 Å². The van der Waals surface area contributed by atoms with Crippen molar-refractivity contribution in [3.05, 3.63) is 24.0 Å². The zero-order chi connectivity index (χ0) is 13.8. The van der Waals surface area contributed by atoms with Gasteiger partial charge in [0.1, 0.15) is 12.2 Å². The largest absolute Gasteiger partial charge is 0.477 e. The number of aromatic carboxylic acids is 1. The van der Waals surface area contributed by atoms with Crippen molar-refractivity contribution in [1.82, 2.24) is 9.88 Å². The summed E-state index contributed by atoms with van der Waals surface area (Å²) < 4.78 is 6.56. The molecule has 2 N–H and O–H groups in total. The van der Waals surface area contributed by atoms with Crippen LogP contribution in [0.2, 0.25) is 0 Å². The molecule has 100 valence electrons. The van der Waals surface area contributed by atoms with Crippen LogP contribution in [-0.4, -0.2) is 40.8 Å². The van der Waals surface area contributed by atoms with Gasteiger partial charge >= 0.3 is 5.97 Å². The first-order valence-corrected chi connectivity index (χ1v) is 5.56. The van der Waals surface area contributed by atoms with Gasteiger partial charge in [0.15, 0.2) is 0 Å². The predicted octanol–water partition coefficient (Wildman–Crippen LogP) is 0.727. The summed E-state index contributed by atoms with van der Waals surface area (Å²) in [6.45, 7) is 4.05. The Balaban J connectivity index is 2.55. The van der Waals surface area contributed by atoms with Crippen LogP contribution < -0.4 is 5.32 Å². The Morgan fingerprint density at radius 3 is 2.72 bits per heavy atom. The minimum Gasteiger partial charge on any atom is -0.477 e. The second-order valence-corrected chi connectivity index (χ2v) is 4.57. The number of aromatic nitrogens is 1. The minimum absolute atomic E-state index is 0.0194. The van der Waals surface area contributed by atoms with Crippen molar-refractivity contribution < 1.29 is 19.4 Å². The average molecular weight is 254 g/mol. The zero-order valence-electron chi connectivity index (χ0n) is 10.8. The third kappa shape index (κ3) is 3.89. The van der Waals surface area contributed by atoms with E-state index in [1.165, 1.54) is 10.6 Å². The van der Waals surface area contributed by atoms with E-state index in [-0.39, 0.29) is 18.1 Å². The van der Waals surface area contributed by atoms with Gasteiger partial charge in [-0.25, -0.2) is 4.79 Å². The molecule has 1 aromatic heterocycles. The fraction of sp³-hybridized carbons (Fsp3) is 0.500. The number of carboxylic acids is 1. The molecule has 0 aromatic carbocycles.